The van der Waals surface area contributed by atoms with Crippen molar-refractivity contribution in [2.24, 2.45) is 0 Å². The van der Waals surface area contributed by atoms with Gasteiger partial charge in [0, 0.05) is 24.7 Å². The topological polar surface area (TPSA) is 70.2 Å². The Morgan fingerprint density at radius 3 is 2.48 bits per heavy atom. The third-order valence-corrected chi connectivity index (χ3v) is 3.17. The highest BCUT2D eigenvalue weighted by molar-refractivity contribution is 7.80. The first-order valence-corrected chi connectivity index (χ1v) is 7.46. The van der Waals surface area contributed by atoms with Gasteiger partial charge in [-0.2, -0.15) is 0 Å². The second-order valence-corrected chi connectivity index (χ2v) is 5.29. The van der Waals surface area contributed by atoms with Crippen LogP contribution in [0.3, 0.4) is 0 Å². The van der Waals surface area contributed by atoms with E-state index in [0.717, 1.165) is 5.56 Å². The zero-order valence-corrected chi connectivity index (χ0v) is 13.4. The molecule has 6 heteroatoms. The van der Waals surface area contributed by atoms with Crippen molar-refractivity contribution in [3.8, 4) is 0 Å². The fourth-order valence-corrected chi connectivity index (χ4v) is 2.20. The molecule has 0 atom stereocenters. The van der Waals surface area contributed by atoms with E-state index in [1.807, 2.05) is 30.3 Å². The summed E-state index contributed by atoms with van der Waals surface area (Å²) in [4.78, 5) is 23.1. The first-order valence-electron chi connectivity index (χ1n) is 7.05. The molecule has 0 heterocycles. The molecule has 0 fully saturated rings. The fraction of sp³-hybridized carbons (Fsp3) is 0.118. The summed E-state index contributed by atoms with van der Waals surface area (Å²) in [6.45, 7) is 1.84. The van der Waals surface area contributed by atoms with Gasteiger partial charge in [-0.05, 0) is 36.0 Å². The van der Waals surface area contributed by atoms with E-state index in [4.69, 9.17) is 12.2 Å². The van der Waals surface area contributed by atoms with Crippen LogP contribution in [0.1, 0.15) is 22.8 Å². The van der Waals surface area contributed by atoms with E-state index >= 15 is 0 Å². The van der Waals surface area contributed by atoms with Crippen molar-refractivity contribution in [3.05, 3.63) is 65.7 Å². The molecule has 0 aliphatic rings. The van der Waals surface area contributed by atoms with E-state index in [1.54, 1.807) is 24.3 Å². The molecule has 0 spiro atoms. The molecule has 23 heavy (non-hydrogen) atoms. The summed E-state index contributed by atoms with van der Waals surface area (Å²) in [6, 6.07) is 16.6. The number of carbonyl (C=O) groups excluding carboxylic acids is 2. The van der Waals surface area contributed by atoms with Crippen molar-refractivity contribution in [1.82, 2.24) is 10.6 Å². The second-order valence-electron chi connectivity index (χ2n) is 4.88. The average Bonchev–Trinajstić information content (AvgIpc) is 2.53. The van der Waals surface area contributed by atoms with E-state index < -0.39 is 0 Å². The minimum Gasteiger partial charge on any atom is -0.348 e. The van der Waals surface area contributed by atoms with Crippen LogP contribution in [0.15, 0.2) is 54.6 Å². The molecule has 118 valence electrons. The van der Waals surface area contributed by atoms with Gasteiger partial charge >= 0.3 is 0 Å². The van der Waals surface area contributed by atoms with Crippen molar-refractivity contribution >= 4 is 34.8 Å². The van der Waals surface area contributed by atoms with Crippen LogP contribution in [-0.2, 0) is 11.3 Å². The lowest BCUT2D eigenvalue weighted by Gasteiger charge is -2.10. The molecular weight excluding hydrogens is 310 g/mol. The van der Waals surface area contributed by atoms with Crippen LogP contribution in [0.25, 0.3) is 0 Å². The first-order chi connectivity index (χ1) is 11.0. The van der Waals surface area contributed by atoms with Crippen molar-refractivity contribution in [2.75, 3.05) is 5.32 Å². The minimum absolute atomic E-state index is 0.178. The highest BCUT2D eigenvalue weighted by atomic mass is 32.1. The summed E-state index contributed by atoms with van der Waals surface area (Å²) in [5.41, 5.74) is 2.18. The highest BCUT2D eigenvalue weighted by Gasteiger charge is 2.07. The number of carbonyl (C=O) groups is 2. The average molecular weight is 327 g/mol. The van der Waals surface area contributed by atoms with Crippen LogP contribution < -0.4 is 16.0 Å². The number of anilines is 1. The van der Waals surface area contributed by atoms with Gasteiger partial charge in [-0.25, -0.2) is 0 Å². The van der Waals surface area contributed by atoms with Crippen molar-refractivity contribution in [2.45, 2.75) is 13.5 Å². The SMILES string of the molecule is CC(=O)NC(=S)Nc1cccc(C(=O)NCc2ccccc2)c1. The largest absolute Gasteiger partial charge is 0.348 e. The number of hydrogen-bond acceptors (Lipinski definition) is 3. The molecule has 0 bridgehead atoms. The Labute approximate surface area is 140 Å². The number of rotatable bonds is 4. The van der Waals surface area contributed by atoms with Gasteiger partial charge in [0.05, 0.1) is 0 Å². The second kappa shape index (κ2) is 8.05. The molecule has 0 aliphatic heterocycles. The normalized spacial score (nSPS) is 9.78. The number of thiocarbonyl (C=S) groups is 1. The zero-order valence-electron chi connectivity index (χ0n) is 12.6. The van der Waals surface area contributed by atoms with Crippen LogP contribution in [0.4, 0.5) is 5.69 Å². The van der Waals surface area contributed by atoms with Gasteiger partial charge in [-0.15, -0.1) is 0 Å². The molecule has 0 saturated heterocycles. The maximum atomic E-state index is 12.2. The molecule has 2 amide bonds. The van der Waals surface area contributed by atoms with Gasteiger partial charge in [-0.1, -0.05) is 36.4 Å². The molecule has 2 rings (SSSR count). The predicted octanol–water partition coefficient (Wildman–Crippen LogP) is 2.45. The lowest BCUT2D eigenvalue weighted by molar-refractivity contribution is -0.117. The predicted molar refractivity (Wildman–Crippen MR) is 94.1 cm³/mol. The molecule has 3 N–H and O–H groups in total. The van der Waals surface area contributed by atoms with Crippen molar-refractivity contribution in [3.63, 3.8) is 0 Å². The molecule has 0 aromatic heterocycles. The van der Waals surface area contributed by atoms with Gasteiger partial charge < -0.3 is 16.0 Å². The number of amides is 2. The summed E-state index contributed by atoms with van der Waals surface area (Å²) in [7, 11) is 0. The summed E-state index contributed by atoms with van der Waals surface area (Å²) in [5, 5.41) is 8.38. The maximum Gasteiger partial charge on any atom is 0.251 e. The minimum atomic E-state index is -0.251. The van der Waals surface area contributed by atoms with Crippen LogP contribution in [0.2, 0.25) is 0 Å². The zero-order chi connectivity index (χ0) is 16.7. The van der Waals surface area contributed by atoms with E-state index in [2.05, 4.69) is 16.0 Å². The van der Waals surface area contributed by atoms with E-state index in [1.165, 1.54) is 6.92 Å². The Bertz CT molecular complexity index is 717. The Balaban J connectivity index is 1.97. The Kier molecular flexibility index (Phi) is 5.82. The summed E-state index contributed by atoms with van der Waals surface area (Å²) < 4.78 is 0. The number of benzene rings is 2. The third kappa shape index (κ3) is 5.52. The fourth-order valence-electron chi connectivity index (χ4n) is 1.94. The van der Waals surface area contributed by atoms with E-state index in [9.17, 15) is 9.59 Å². The van der Waals surface area contributed by atoms with Crippen molar-refractivity contribution < 1.29 is 9.59 Å². The smallest absolute Gasteiger partial charge is 0.251 e. The lowest BCUT2D eigenvalue weighted by atomic mass is 10.1. The highest BCUT2D eigenvalue weighted by Crippen LogP contribution is 2.11. The number of nitrogens with one attached hydrogen (secondary N) is 3. The van der Waals surface area contributed by atoms with Crippen molar-refractivity contribution in [1.29, 1.82) is 0 Å². The van der Waals surface area contributed by atoms with Crippen LogP contribution in [0, 0.1) is 0 Å². The van der Waals surface area contributed by atoms with Gasteiger partial charge in [0.15, 0.2) is 5.11 Å². The van der Waals surface area contributed by atoms with Gasteiger partial charge in [0.25, 0.3) is 5.91 Å². The molecule has 2 aromatic carbocycles. The quantitative estimate of drug-likeness (QED) is 0.755. The Hall–Kier alpha value is -2.73. The summed E-state index contributed by atoms with van der Waals surface area (Å²) >= 11 is 4.99. The first kappa shape index (κ1) is 16.6. The Morgan fingerprint density at radius 1 is 1.04 bits per heavy atom. The van der Waals surface area contributed by atoms with Crippen LogP contribution in [-0.4, -0.2) is 16.9 Å². The third-order valence-electron chi connectivity index (χ3n) is 2.97. The van der Waals surface area contributed by atoms with Gasteiger partial charge in [0.2, 0.25) is 5.91 Å². The lowest BCUT2D eigenvalue weighted by Crippen LogP contribution is -2.32. The summed E-state index contributed by atoms with van der Waals surface area (Å²) in [5.74, 6) is -0.429. The number of hydrogen-bond donors (Lipinski definition) is 3. The maximum absolute atomic E-state index is 12.2. The monoisotopic (exact) mass is 327 g/mol. The van der Waals surface area contributed by atoms with E-state index in [0.29, 0.717) is 17.8 Å². The van der Waals surface area contributed by atoms with Gasteiger partial charge in [-0.3, -0.25) is 9.59 Å². The van der Waals surface area contributed by atoms with E-state index in [-0.39, 0.29) is 16.9 Å². The molecule has 5 nitrogen and oxygen atoms in total. The molecule has 0 aliphatic carbocycles. The van der Waals surface area contributed by atoms with Crippen LogP contribution >= 0.6 is 12.2 Å². The summed E-state index contributed by atoms with van der Waals surface area (Å²) in [6.07, 6.45) is 0. The molecule has 2 aromatic rings. The molecule has 0 saturated carbocycles. The Morgan fingerprint density at radius 2 is 1.78 bits per heavy atom. The van der Waals surface area contributed by atoms with Crippen LogP contribution in [0.5, 0.6) is 0 Å². The molecular formula is C17H17N3O2S. The van der Waals surface area contributed by atoms with Gasteiger partial charge in [0.1, 0.15) is 0 Å². The molecule has 0 radical (unpaired) electrons. The molecule has 0 unspecified atom stereocenters. The standard InChI is InChI=1S/C17H17N3O2S/c1-12(21)19-17(23)20-15-9-5-8-14(10-15)16(22)18-11-13-6-3-2-4-7-13/h2-10H,11H2,1H3,(H,18,22)(H2,19,20,21,23).